The summed E-state index contributed by atoms with van der Waals surface area (Å²) in [5.41, 5.74) is 1.81. The number of unbranched alkanes of at least 4 members (excludes halogenated alkanes) is 9. The van der Waals surface area contributed by atoms with Gasteiger partial charge in [0, 0.05) is 11.3 Å². The van der Waals surface area contributed by atoms with Crippen LogP contribution in [0.4, 0.5) is 5.69 Å². The lowest BCUT2D eigenvalue weighted by Gasteiger charge is -2.08. The molecule has 0 spiro atoms. The summed E-state index contributed by atoms with van der Waals surface area (Å²) in [7, 11) is 0. The van der Waals surface area contributed by atoms with Gasteiger partial charge in [-0.2, -0.15) is 5.26 Å². The van der Waals surface area contributed by atoms with E-state index in [1.165, 1.54) is 57.8 Å². The number of benzene rings is 2. The molecule has 0 aliphatic carbocycles. The van der Waals surface area contributed by atoms with Crippen LogP contribution >= 0.6 is 0 Å². The smallest absolute Gasteiger partial charge is 0.255 e. The molecule has 0 aliphatic heterocycles. The van der Waals surface area contributed by atoms with Gasteiger partial charge in [0.15, 0.2) is 0 Å². The van der Waals surface area contributed by atoms with E-state index in [1.54, 1.807) is 36.4 Å². The average molecular weight is 407 g/mol. The summed E-state index contributed by atoms with van der Waals surface area (Å²) < 4.78 is 5.79. The largest absolute Gasteiger partial charge is 0.494 e. The van der Waals surface area contributed by atoms with Gasteiger partial charge in [-0.3, -0.25) is 4.79 Å². The van der Waals surface area contributed by atoms with E-state index >= 15 is 0 Å². The molecule has 2 aromatic rings. The van der Waals surface area contributed by atoms with E-state index < -0.39 is 0 Å². The molecule has 0 fully saturated rings. The van der Waals surface area contributed by atoms with Gasteiger partial charge < -0.3 is 10.1 Å². The van der Waals surface area contributed by atoms with Crippen molar-refractivity contribution >= 4 is 11.6 Å². The first-order valence-corrected chi connectivity index (χ1v) is 11.3. The molecular formula is C26H34N2O2. The molecule has 0 heterocycles. The third-order valence-electron chi connectivity index (χ3n) is 5.15. The Bertz CT molecular complexity index is 776. The van der Waals surface area contributed by atoms with E-state index in [0.29, 0.717) is 23.4 Å². The van der Waals surface area contributed by atoms with Crippen LogP contribution in [0.15, 0.2) is 48.5 Å². The lowest BCUT2D eigenvalue weighted by atomic mass is 10.1. The summed E-state index contributed by atoms with van der Waals surface area (Å²) in [6, 6.07) is 16.1. The van der Waals surface area contributed by atoms with E-state index in [2.05, 4.69) is 18.3 Å². The zero-order valence-electron chi connectivity index (χ0n) is 18.2. The molecular weight excluding hydrogens is 372 g/mol. The summed E-state index contributed by atoms with van der Waals surface area (Å²) in [6.45, 7) is 2.97. The van der Waals surface area contributed by atoms with Crippen LogP contribution in [-0.2, 0) is 0 Å². The van der Waals surface area contributed by atoms with Crippen LogP contribution in [-0.4, -0.2) is 12.5 Å². The van der Waals surface area contributed by atoms with E-state index in [-0.39, 0.29) is 5.91 Å². The van der Waals surface area contributed by atoms with Crippen LogP contribution in [0, 0.1) is 11.3 Å². The van der Waals surface area contributed by atoms with Gasteiger partial charge in [0.25, 0.3) is 5.91 Å². The Labute approximate surface area is 181 Å². The lowest BCUT2D eigenvalue weighted by Crippen LogP contribution is -2.11. The van der Waals surface area contributed by atoms with Crippen LogP contribution in [0.3, 0.4) is 0 Å². The zero-order valence-corrected chi connectivity index (χ0v) is 18.2. The van der Waals surface area contributed by atoms with Gasteiger partial charge in [0.2, 0.25) is 0 Å². The van der Waals surface area contributed by atoms with Gasteiger partial charge >= 0.3 is 0 Å². The Balaban J connectivity index is 1.59. The number of rotatable bonds is 14. The summed E-state index contributed by atoms with van der Waals surface area (Å²) >= 11 is 0. The normalized spacial score (nSPS) is 10.4. The molecule has 0 aliphatic rings. The summed E-state index contributed by atoms with van der Waals surface area (Å²) in [4.78, 5) is 12.3. The molecule has 4 heteroatoms. The summed E-state index contributed by atoms with van der Waals surface area (Å²) in [6.07, 6.45) is 13.1. The van der Waals surface area contributed by atoms with Crippen LogP contribution < -0.4 is 10.1 Å². The first-order chi connectivity index (χ1) is 14.7. The maximum Gasteiger partial charge on any atom is 0.255 e. The van der Waals surface area contributed by atoms with Gasteiger partial charge in [-0.15, -0.1) is 0 Å². The van der Waals surface area contributed by atoms with E-state index in [0.717, 1.165) is 12.2 Å². The first-order valence-electron chi connectivity index (χ1n) is 11.3. The number of nitrogens with one attached hydrogen (secondary N) is 1. The van der Waals surface area contributed by atoms with Crippen LogP contribution in [0.25, 0.3) is 0 Å². The maximum absolute atomic E-state index is 12.3. The van der Waals surface area contributed by atoms with Crippen molar-refractivity contribution in [2.75, 3.05) is 11.9 Å². The number of carbonyl (C=O) groups excluding carboxylic acids is 1. The Morgan fingerprint density at radius 2 is 1.40 bits per heavy atom. The fraction of sp³-hybridized carbons (Fsp3) is 0.462. The standard InChI is InChI=1S/C26H34N2O2/c1-2-3-4-5-6-7-8-9-10-11-20-30-25-18-14-23(15-19-25)26(29)28-24-16-12-22(21-27)13-17-24/h12-19H,2-11,20H2,1H3,(H,28,29). The lowest BCUT2D eigenvalue weighted by molar-refractivity contribution is 0.102. The SMILES string of the molecule is CCCCCCCCCCCCOc1ccc(C(=O)Nc2ccc(C#N)cc2)cc1. The van der Waals surface area contributed by atoms with Gasteiger partial charge in [-0.05, 0) is 55.0 Å². The number of amides is 1. The van der Waals surface area contributed by atoms with E-state index in [1.807, 2.05) is 12.1 Å². The minimum atomic E-state index is -0.180. The molecule has 2 rings (SSSR count). The Morgan fingerprint density at radius 3 is 1.97 bits per heavy atom. The number of hydrogen-bond acceptors (Lipinski definition) is 3. The van der Waals surface area contributed by atoms with Crippen molar-refractivity contribution in [1.29, 1.82) is 5.26 Å². The molecule has 1 N–H and O–H groups in total. The molecule has 0 radical (unpaired) electrons. The fourth-order valence-corrected chi connectivity index (χ4v) is 3.31. The third-order valence-corrected chi connectivity index (χ3v) is 5.15. The van der Waals surface area contributed by atoms with Crippen LogP contribution in [0.1, 0.15) is 87.1 Å². The first kappa shape index (κ1) is 23.5. The Morgan fingerprint density at radius 1 is 0.833 bits per heavy atom. The van der Waals surface area contributed by atoms with Crippen molar-refractivity contribution < 1.29 is 9.53 Å². The second kappa shape index (κ2) is 14.2. The topological polar surface area (TPSA) is 62.1 Å². The van der Waals surface area contributed by atoms with Crippen molar-refractivity contribution in [3.63, 3.8) is 0 Å². The van der Waals surface area contributed by atoms with Gasteiger partial charge in [-0.1, -0.05) is 64.7 Å². The molecule has 160 valence electrons. The number of nitriles is 1. The van der Waals surface area contributed by atoms with E-state index in [9.17, 15) is 4.79 Å². The second-order valence-electron chi connectivity index (χ2n) is 7.70. The second-order valence-corrected chi connectivity index (χ2v) is 7.70. The highest BCUT2D eigenvalue weighted by atomic mass is 16.5. The minimum Gasteiger partial charge on any atom is -0.494 e. The average Bonchev–Trinajstić information content (AvgIpc) is 2.78. The maximum atomic E-state index is 12.3. The number of hydrogen-bond donors (Lipinski definition) is 1. The molecule has 2 aromatic carbocycles. The van der Waals surface area contributed by atoms with Crippen molar-refractivity contribution in [3.05, 3.63) is 59.7 Å². The predicted octanol–water partition coefficient (Wildman–Crippen LogP) is 7.11. The number of ether oxygens (including phenoxy) is 1. The zero-order chi connectivity index (χ0) is 21.4. The monoisotopic (exact) mass is 406 g/mol. The van der Waals surface area contributed by atoms with Crippen LogP contribution in [0.5, 0.6) is 5.75 Å². The van der Waals surface area contributed by atoms with Crippen molar-refractivity contribution in [1.82, 2.24) is 0 Å². The van der Waals surface area contributed by atoms with Gasteiger partial charge in [-0.25, -0.2) is 0 Å². The molecule has 0 bridgehead atoms. The molecule has 4 nitrogen and oxygen atoms in total. The molecule has 1 amide bonds. The highest BCUT2D eigenvalue weighted by Gasteiger charge is 2.06. The number of carbonyl (C=O) groups is 1. The molecule has 0 atom stereocenters. The highest BCUT2D eigenvalue weighted by molar-refractivity contribution is 6.04. The van der Waals surface area contributed by atoms with Gasteiger partial charge in [0.05, 0.1) is 18.2 Å². The molecule has 0 aromatic heterocycles. The van der Waals surface area contributed by atoms with Gasteiger partial charge in [0.1, 0.15) is 5.75 Å². The molecule has 30 heavy (non-hydrogen) atoms. The Kier molecular flexibility index (Phi) is 11.1. The van der Waals surface area contributed by atoms with Crippen LogP contribution in [0.2, 0.25) is 0 Å². The molecule has 0 saturated carbocycles. The third kappa shape index (κ3) is 9.13. The summed E-state index contributed by atoms with van der Waals surface area (Å²) in [5.74, 6) is 0.613. The summed E-state index contributed by atoms with van der Waals surface area (Å²) in [5, 5.41) is 11.7. The van der Waals surface area contributed by atoms with Crippen molar-refractivity contribution in [3.8, 4) is 11.8 Å². The number of nitrogens with zero attached hydrogens (tertiary/aromatic N) is 1. The fourth-order valence-electron chi connectivity index (χ4n) is 3.31. The highest BCUT2D eigenvalue weighted by Crippen LogP contribution is 2.16. The number of anilines is 1. The van der Waals surface area contributed by atoms with Crippen molar-refractivity contribution in [2.45, 2.75) is 71.1 Å². The molecule has 0 unspecified atom stereocenters. The quantitative estimate of drug-likeness (QED) is 0.340. The van der Waals surface area contributed by atoms with Crippen molar-refractivity contribution in [2.24, 2.45) is 0 Å². The van der Waals surface area contributed by atoms with E-state index in [4.69, 9.17) is 10.00 Å². The molecule has 0 saturated heterocycles. The predicted molar refractivity (Wildman–Crippen MR) is 123 cm³/mol. The Hall–Kier alpha value is -2.80. The minimum absolute atomic E-state index is 0.180.